The molecule has 0 atom stereocenters. The van der Waals surface area contributed by atoms with E-state index in [1.54, 1.807) is 12.1 Å². The molecule has 0 radical (unpaired) electrons. The van der Waals surface area contributed by atoms with Gasteiger partial charge in [-0.3, -0.25) is 4.79 Å². The first-order valence-corrected chi connectivity index (χ1v) is 7.05. The Morgan fingerprint density at radius 1 is 1.26 bits per heavy atom. The summed E-state index contributed by atoms with van der Waals surface area (Å²) >= 11 is 0.834. The van der Waals surface area contributed by atoms with Crippen molar-refractivity contribution >= 4 is 21.6 Å². The molecular formula is C14H8F4N2O2S. The minimum Gasteiger partial charge on any atom is -0.497 e. The molecule has 0 amide bonds. The van der Waals surface area contributed by atoms with Crippen molar-refractivity contribution in [2.75, 3.05) is 7.11 Å². The zero-order chi connectivity index (χ0) is 16.8. The third kappa shape index (κ3) is 2.67. The number of aromatic nitrogens is 2. The van der Waals surface area contributed by atoms with Crippen LogP contribution in [0.2, 0.25) is 0 Å². The summed E-state index contributed by atoms with van der Waals surface area (Å²) < 4.78 is 58.3. The predicted molar refractivity (Wildman–Crippen MR) is 76.7 cm³/mol. The molecular weight excluding hydrogens is 336 g/mol. The van der Waals surface area contributed by atoms with Crippen LogP contribution in [0.1, 0.15) is 5.56 Å². The molecule has 23 heavy (non-hydrogen) atoms. The molecule has 0 fully saturated rings. The monoisotopic (exact) mass is 344 g/mol. The quantitative estimate of drug-likeness (QED) is 0.667. The molecule has 3 aromatic rings. The molecule has 0 saturated carbocycles. The summed E-state index contributed by atoms with van der Waals surface area (Å²) in [6.45, 7) is 0. The number of methoxy groups -OCH3 is 1. The van der Waals surface area contributed by atoms with Crippen LogP contribution in [0.15, 0.2) is 35.3 Å². The number of alkyl halides is 3. The number of pyridine rings is 1. The molecule has 1 aromatic carbocycles. The number of ether oxygens (including phenoxy) is 1. The molecule has 2 heterocycles. The number of fused-ring (bicyclic) bond motifs is 1. The van der Waals surface area contributed by atoms with E-state index in [4.69, 9.17) is 4.74 Å². The molecule has 0 saturated heterocycles. The average Bonchev–Trinajstić information content (AvgIpc) is 2.81. The Morgan fingerprint density at radius 3 is 2.61 bits per heavy atom. The van der Waals surface area contributed by atoms with Crippen LogP contribution in [0.4, 0.5) is 17.6 Å². The van der Waals surface area contributed by atoms with Crippen molar-refractivity contribution in [1.29, 1.82) is 0 Å². The second kappa shape index (κ2) is 5.34. The molecule has 0 unspecified atom stereocenters. The number of hydrogen-bond acceptors (Lipinski definition) is 4. The van der Waals surface area contributed by atoms with Crippen molar-refractivity contribution in [2.24, 2.45) is 0 Å². The van der Waals surface area contributed by atoms with E-state index in [1.165, 1.54) is 13.2 Å². The Kier molecular flexibility index (Phi) is 3.59. The lowest BCUT2D eigenvalue weighted by molar-refractivity contribution is -0.138. The van der Waals surface area contributed by atoms with E-state index in [1.807, 2.05) is 0 Å². The standard InChI is InChI=1S/C14H8F4N2O2S/c1-22-8-2-3-11-10(5-8)20(13(21)23-11)12-9(15)4-7(6-19-12)14(16,17)18/h2-6H,1H3. The molecule has 9 heteroatoms. The average molecular weight is 344 g/mol. The molecule has 120 valence electrons. The molecule has 0 N–H and O–H groups in total. The Balaban J connectivity index is 2.24. The van der Waals surface area contributed by atoms with Crippen LogP contribution in [-0.2, 0) is 6.18 Å². The molecule has 3 rings (SSSR count). The van der Waals surface area contributed by atoms with Gasteiger partial charge in [0, 0.05) is 12.3 Å². The summed E-state index contributed by atoms with van der Waals surface area (Å²) in [7, 11) is 1.42. The molecule has 0 bridgehead atoms. The van der Waals surface area contributed by atoms with Crippen molar-refractivity contribution in [1.82, 2.24) is 9.55 Å². The van der Waals surface area contributed by atoms with E-state index in [0.717, 1.165) is 15.9 Å². The van der Waals surface area contributed by atoms with E-state index in [9.17, 15) is 22.4 Å². The molecule has 0 aliphatic rings. The Bertz CT molecular complexity index is 946. The summed E-state index contributed by atoms with van der Waals surface area (Å²) in [5.74, 6) is -1.29. The van der Waals surface area contributed by atoms with Crippen LogP contribution in [-0.4, -0.2) is 16.7 Å². The summed E-state index contributed by atoms with van der Waals surface area (Å²) in [5, 5.41) is 0. The van der Waals surface area contributed by atoms with Crippen molar-refractivity contribution in [2.45, 2.75) is 6.18 Å². The first-order valence-electron chi connectivity index (χ1n) is 6.24. The van der Waals surface area contributed by atoms with Gasteiger partial charge in [0.2, 0.25) is 0 Å². The lowest BCUT2D eigenvalue weighted by atomic mass is 10.2. The van der Waals surface area contributed by atoms with Crippen LogP contribution in [0.25, 0.3) is 16.0 Å². The van der Waals surface area contributed by atoms with Crippen LogP contribution in [0.3, 0.4) is 0 Å². The minimum atomic E-state index is -4.71. The highest BCUT2D eigenvalue weighted by atomic mass is 32.1. The van der Waals surface area contributed by atoms with Crippen LogP contribution < -0.4 is 9.61 Å². The second-order valence-electron chi connectivity index (χ2n) is 4.56. The summed E-state index contributed by atoms with van der Waals surface area (Å²) in [6, 6.07) is 5.04. The van der Waals surface area contributed by atoms with E-state index >= 15 is 0 Å². The SMILES string of the molecule is COc1ccc2sc(=O)n(-c3ncc(C(F)(F)F)cc3F)c2c1. The van der Waals surface area contributed by atoms with Crippen molar-refractivity contribution in [3.05, 3.63) is 51.5 Å². The van der Waals surface area contributed by atoms with E-state index in [2.05, 4.69) is 4.98 Å². The second-order valence-corrected chi connectivity index (χ2v) is 5.56. The van der Waals surface area contributed by atoms with Gasteiger partial charge in [0.1, 0.15) is 5.75 Å². The zero-order valence-electron chi connectivity index (χ0n) is 11.5. The summed E-state index contributed by atoms with van der Waals surface area (Å²) in [6.07, 6.45) is -4.22. The number of benzene rings is 1. The van der Waals surface area contributed by atoms with Gasteiger partial charge in [0.05, 0.1) is 22.9 Å². The van der Waals surface area contributed by atoms with E-state index < -0.39 is 28.2 Å². The maximum Gasteiger partial charge on any atom is 0.417 e. The molecule has 0 spiro atoms. The van der Waals surface area contributed by atoms with Gasteiger partial charge in [0.25, 0.3) is 0 Å². The molecule has 4 nitrogen and oxygen atoms in total. The number of hydrogen-bond donors (Lipinski definition) is 0. The van der Waals surface area contributed by atoms with Crippen LogP contribution in [0, 0.1) is 5.82 Å². The van der Waals surface area contributed by atoms with Gasteiger partial charge in [-0.25, -0.2) is 13.9 Å². The number of halogens is 4. The third-order valence-corrected chi connectivity index (χ3v) is 4.07. The first kappa shape index (κ1) is 15.5. The van der Waals surface area contributed by atoms with Gasteiger partial charge in [-0.05, 0) is 18.2 Å². The Morgan fingerprint density at radius 2 is 2.00 bits per heavy atom. The lowest BCUT2D eigenvalue weighted by Gasteiger charge is -2.09. The van der Waals surface area contributed by atoms with Crippen molar-refractivity contribution in [3.8, 4) is 11.6 Å². The predicted octanol–water partition coefficient (Wildman–Crippen LogP) is 3.61. The van der Waals surface area contributed by atoms with Gasteiger partial charge < -0.3 is 4.74 Å². The summed E-state index contributed by atoms with van der Waals surface area (Å²) in [5.41, 5.74) is -0.908. The fourth-order valence-corrected chi connectivity index (χ4v) is 2.93. The van der Waals surface area contributed by atoms with Gasteiger partial charge in [0.15, 0.2) is 11.6 Å². The van der Waals surface area contributed by atoms with Gasteiger partial charge >= 0.3 is 11.0 Å². The van der Waals surface area contributed by atoms with Crippen molar-refractivity contribution < 1.29 is 22.3 Å². The molecule has 2 aromatic heterocycles. The topological polar surface area (TPSA) is 44.1 Å². The maximum atomic E-state index is 14.1. The molecule has 0 aliphatic carbocycles. The van der Waals surface area contributed by atoms with Gasteiger partial charge in [-0.2, -0.15) is 13.2 Å². The van der Waals surface area contributed by atoms with Crippen LogP contribution >= 0.6 is 11.3 Å². The third-order valence-electron chi connectivity index (χ3n) is 3.15. The van der Waals surface area contributed by atoms with E-state index in [-0.39, 0.29) is 0 Å². The zero-order valence-corrected chi connectivity index (χ0v) is 12.3. The minimum absolute atomic E-state index is 0.311. The maximum absolute atomic E-state index is 14.1. The molecule has 0 aliphatic heterocycles. The largest absolute Gasteiger partial charge is 0.497 e. The highest BCUT2D eigenvalue weighted by Gasteiger charge is 2.32. The Hall–Kier alpha value is -2.42. The van der Waals surface area contributed by atoms with Gasteiger partial charge in [-0.15, -0.1) is 0 Å². The normalized spacial score (nSPS) is 11.9. The van der Waals surface area contributed by atoms with E-state index in [0.29, 0.717) is 28.2 Å². The number of nitrogens with zero attached hydrogens (tertiary/aromatic N) is 2. The number of rotatable bonds is 2. The highest BCUT2D eigenvalue weighted by Crippen LogP contribution is 2.31. The highest BCUT2D eigenvalue weighted by molar-refractivity contribution is 7.16. The smallest absolute Gasteiger partial charge is 0.417 e. The Labute approximate surface area is 130 Å². The van der Waals surface area contributed by atoms with Crippen molar-refractivity contribution in [3.63, 3.8) is 0 Å². The number of thiazole rings is 1. The summed E-state index contributed by atoms with van der Waals surface area (Å²) in [4.78, 5) is 15.0. The fraction of sp³-hybridized carbons (Fsp3) is 0.143. The lowest BCUT2D eigenvalue weighted by Crippen LogP contribution is -2.15. The van der Waals surface area contributed by atoms with Crippen LogP contribution in [0.5, 0.6) is 5.75 Å². The van der Waals surface area contributed by atoms with Gasteiger partial charge in [-0.1, -0.05) is 11.3 Å². The first-order chi connectivity index (χ1) is 10.8. The fourth-order valence-electron chi connectivity index (χ4n) is 2.07.